The van der Waals surface area contributed by atoms with E-state index in [1.807, 2.05) is 0 Å². The molecular formula is C19H13F2NO3. The van der Waals surface area contributed by atoms with E-state index in [2.05, 4.69) is 4.98 Å². The number of carboxylic acids is 1. The van der Waals surface area contributed by atoms with Gasteiger partial charge < -0.3 is 9.84 Å². The molecule has 0 aliphatic heterocycles. The monoisotopic (exact) mass is 341 g/mol. The molecule has 0 amide bonds. The van der Waals surface area contributed by atoms with E-state index in [1.54, 1.807) is 24.3 Å². The number of aromatic nitrogens is 1. The van der Waals surface area contributed by atoms with Gasteiger partial charge in [-0.25, -0.2) is 18.6 Å². The maximum Gasteiger partial charge on any atom is 0.337 e. The van der Waals surface area contributed by atoms with Gasteiger partial charge in [0.15, 0.2) is 6.10 Å². The van der Waals surface area contributed by atoms with Crippen LogP contribution in [0.4, 0.5) is 8.78 Å². The summed E-state index contributed by atoms with van der Waals surface area (Å²) in [6, 6.07) is 14.3. The van der Waals surface area contributed by atoms with Crippen LogP contribution in [0.5, 0.6) is 5.88 Å². The second-order valence-electron chi connectivity index (χ2n) is 5.29. The van der Waals surface area contributed by atoms with Gasteiger partial charge in [0.25, 0.3) is 0 Å². The highest BCUT2D eigenvalue weighted by molar-refractivity contribution is 5.87. The standard InChI is InChI=1S/C19H13F2NO3/c20-15-6-1-12(2-7-15)18(13-3-8-16(21)9-4-13)25-17-10-5-14(11-22-17)19(23)24/h1-11,18H,(H,23,24). The van der Waals surface area contributed by atoms with Gasteiger partial charge in [-0.2, -0.15) is 0 Å². The Hall–Kier alpha value is -3.28. The number of pyridine rings is 1. The maximum atomic E-state index is 13.2. The molecule has 6 heteroatoms. The zero-order valence-electron chi connectivity index (χ0n) is 12.9. The van der Waals surface area contributed by atoms with E-state index in [1.165, 1.54) is 42.6 Å². The predicted molar refractivity (Wildman–Crippen MR) is 86.5 cm³/mol. The van der Waals surface area contributed by atoms with Crippen LogP contribution >= 0.6 is 0 Å². The Morgan fingerprint density at radius 1 is 0.880 bits per heavy atom. The number of carbonyl (C=O) groups is 1. The van der Waals surface area contributed by atoms with Crippen molar-refractivity contribution < 1.29 is 23.4 Å². The number of ether oxygens (including phenoxy) is 1. The molecule has 0 radical (unpaired) electrons. The Bertz CT molecular complexity index is 817. The molecule has 0 atom stereocenters. The highest BCUT2D eigenvalue weighted by atomic mass is 19.1. The Kier molecular flexibility index (Phi) is 4.70. The lowest BCUT2D eigenvalue weighted by Crippen LogP contribution is -2.11. The van der Waals surface area contributed by atoms with E-state index in [4.69, 9.17) is 9.84 Å². The van der Waals surface area contributed by atoms with Crippen LogP contribution in [0.3, 0.4) is 0 Å². The number of rotatable bonds is 5. The molecule has 2 aromatic carbocycles. The van der Waals surface area contributed by atoms with Gasteiger partial charge in [0.2, 0.25) is 5.88 Å². The molecule has 126 valence electrons. The minimum Gasteiger partial charge on any atom is -0.478 e. The third-order valence-electron chi connectivity index (χ3n) is 3.57. The summed E-state index contributed by atoms with van der Waals surface area (Å²) in [4.78, 5) is 14.9. The number of aromatic carboxylic acids is 1. The topological polar surface area (TPSA) is 59.4 Å². The zero-order chi connectivity index (χ0) is 17.8. The summed E-state index contributed by atoms with van der Waals surface area (Å²) in [5.41, 5.74) is 1.33. The molecule has 1 aromatic heterocycles. The van der Waals surface area contributed by atoms with E-state index in [0.29, 0.717) is 11.1 Å². The molecule has 0 bridgehead atoms. The van der Waals surface area contributed by atoms with E-state index >= 15 is 0 Å². The summed E-state index contributed by atoms with van der Waals surface area (Å²) in [7, 11) is 0. The number of halogens is 2. The molecule has 0 saturated heterocycles. The quantitative estimate of drug-likeness (QED) is 0.755. The Morgan fingerprint density at radius 2 is 1.40 bits per heavy atom. The van der Waals surface area contributed by atoms with E-state index in [9.17, 15) is 13.6 Å². The summed E-state index contributed by atoms with van der Waals surface area (Å²) in [6.07, 6.45) is 0.536. The first-order chi connectivity index (χ1) is 12.0. The predicted octanol–water partition coefficient (Wildman–Crippen LogP) is 4.23. The van der Waals surface area contributed by atoms with Crippen molar-refractivity contribution in [3.8, 4) is 5.88 Å². The molecule has 3 aromatic rings. The highest BCUT2D eigenvalue weighted by Crippen LogP contribution is 2.28. The highest BCUT2D eigenvalue weighted by Gasteiger charge is 2.17. The number of carboxylic acid groups (broad SMARTS) is 1. The maximum absolute atomic E-state index is 13.2. The lowest BCUT2D eigenvalue weighted by atomic mass is 10.0. The smallest absolute Gasteiger partial charge is 0.337 e. The molecule has 1 N–H and O–H groups in total. The van der Waals surface area contributed by atoms with Crippen LogP contribution in [-0.4, -0.2) is 16.1 Å². The van der Waals surface area contributed by atoms with Crippen molar-refractivity contribution in [2.45, 2.75) is 6.10 Å². The lowest BCUT2D eigenvalue weighted by Gasteiger charge is -2.19. The molecule has 0 fully saturated rings. The Labute approximate surface area is 142 Å². The third-order valence-corrected chi connectivity index (χ3v) is 3.57. The molecule has 1 heterocycles. The van der Waals surface area contributed by atoms with Gasteiger partial charge >= 0.3 is 5.97 Å². The minimum atomic E-state index is -1.09. The fourth-order valence-electron chi connectivity index (χ4n) is 2.30. The lowest BCUT2D eigenvalue weighted by molar-refractivity contribution is 0.0696. The van der Waals surface area contributed by atoms with E-state index < -0.39 is 12.1 Å². The van der Waals surface area contributed by atoms with Crippen molar-refractivity contribution >= 4 is 5.97 Å². The van der Waals surface area contributed by atoms with Crippen LogP contribution in [0, 0.1) is 11.6 Å². The van der Waals surface area contributed by atoms with Crippen molar-refractivity contribution in [1.82, 2.24) is 4.98 Å². The molecule has 0 unspecified atom stereocenters. The molecule has 0 saturated carbocycles. The van der Waals surface area contributed by atoms with Crippen molar-refractivity contribution in [2.75, 3.05) is 0 Å². The second-order valence-corrected chi connectivity index (χ2v) is 5.29. The third kappa shape index (κ3) is 3.98. The first-order valence-corrected chi connectivity index (χ1v) is 7.40. The average molecular weight is 341 g/mol. The van der Waals surface area contributed by atoms with Crippen molar-refractivity contribution in [3.63, 3.8) is 0 Å². The minimum absolute atomic E-state index is 0.0347. The average Bonchev–Trinajstić information content (AvgIpc) is 2.62. The van der Waals surface area contributed by atoms with Gasteiger partial charge in [0.1, 0.15) is 11.6 Å². The molecule has 4 nitrogen and oxygen atoms in total. The molecule has 0 aliphatic rings. The van der Waals surface area contributed by atoms with Crippen molar-refractivity contribution in [3.05, 3.63) is 95.2 Å². The SMILES string of the molecule is O=C(O)c1ccc(OC(c2ccc(F)cc2)c2ccc(F)cc2)nc1. The summed E-state index contributed by atoms with van der Waals surface area (Å²) < 4.78 is 32.2. The van der Waals surface area contributed by atoms with Gasteiger partial charge in [0.05, 0.1) is 5.56 Å². The summed E-state index contributed by atoms with van der Waals surface area (Å²) in [5, 5.41) is 8.91. The molecular weight excluding hydrogens is 328 g/mol. The largest absolute Gasteiger partial charge is 0.478 e. The summed E-state index contributed by atoms with van der Waals surface area (Å²) >= 11 is 0. The van der Waals surface area contributed by atoms with Crippen LogP contribution in [0.1, 0.15) is 27.6 Å². The van der Waals surface area contributed by atoms with Crippen LogP contribution in [0.15, 0.2) is 66.9 Å². The fourth-order valence-corrected chi connectivity index (χ4v) is 2.30. The van der Waals surface area contributed by atoms with Gasteiger partial charge in [-0.15, -0.1) is 0 Å². The number of benzene rings is 2. The Morgan fingerprint density at radius 3 is 1.80 bits per heavy atom. The normalized spacial score (nSPS) is 10.7. The van der Waals surface area contributed by atoms with Gasteiger partial charge in [0, 0.05) is 12.3 Å². The van der Waals surface area contributed by atoms with Crippen LogP contribution < -0.4 is 4.74 Å². The van der Waals surface area contributed by atoms with Crippen LogP contribution in [-0.2, 0) is 0 Å². The molecule has 3 rings (SSSR count). The van der Waals surface area contributed by atoms with Crippen molar-refractivity contribution in [1.29, 1.82) is 0 Å². The number of hydrogen-bond acceptors (Lipinski definition) is 3. The molecule has 25 heavy (non-hydrogen) atoms. The van der Waals surface area contributed by atoms with Gasteiger partial charge in [-0.1, -0.05) is 24.3 Å². The zero-order valence-corrected chi connectivity index (χ0v) is 12.9. The fraction of sp³-hybridized carbons (Fsp3) is 0.0526. The van der Waals surface area contributed by atoms with Crippen LogP contribution in [0.25, 0.3) is 0 Å². The van der Waals surface area contributed by atoms with E-state index in [-0.39, 0.29) is 23.1 Å². The number of hydrogen-bond donors (Lipinski definition) is 1. The molecule has 0 spiro atoms. The summed E-state index contributed by atoms with van der Waals surface area (Å²) in [5.74, 6) is -1.66. The second kappa shape index (κ2) is 7.09. The van der Waals surface area contributed by atoms with E-state index in [0.717, 1.165) is 0 Å². The summed E-state index contributed by atoms with van der Waals surface area (Å²) in [6.45, 7) is 0. The number of nitrogens with zero attached hydrogens (tertiary/aromatic N) is 1. The van der Waals surface area contributed by atoms with Crippen LogP contribution in [0.2, 0.25) is 0 Å². The molecule has 0 aliphatic carbocycles. The first-order valence-electron chi connectivity index (χ1n) is 7.40. The van der Waals surface area contributed by atoms with Gasteiger partial charge in [-0.05, 0) is 41.5 Å². The first kappa shape index (κ1) is 16.6. The van der Waals surface area contributed by atoms with Gasteiger partial charge in [-0.3, -0.25) is 0 Å². The van der Waals surface area contributed by atoms with Crippen molar-refractivity contribution in [2.24, 2.45) is 0 Å². The Balaban J connectivity index is 1.94.